The summed E-state index contributed by atoms with van der Waals surface area (Å²) in [7, 11) is -4.67. The lowest BCUT2D eigenvalue weighted by atomic mass is 10.1. The highest BCUT2D eigenvalue weighted by Gasteiger charge is 1.95. The first kappa shape index (κ1) is 38.3. The minimum absolute atomic E-state index is 0.0972. The Kier molecular flexibility index (Phi) is 39.3. The van der Waals surface area contributed by atoms with Crippen molar-refractivity contribution in [1.29, 1.82) is 0 Å². The third-order valence-electron chi connectivity index (χ3n) is 5.41. The molecule has 0 spiro atoms. The molecule has 0 radical (unpaired) electrons. The van der Waals surface area contributed by atoms with Crippen molar-refractivity contribution in [2.45, 2.75) is 142 Å². The fraction of sp³-hybridized carbons (Fsp3) is 1.00. The van der Waals surface area contributed by atoms with Crippen LogP contribution < -0.4 is 5.73 Å². The van der Waals surface area contributed by atoms with Crippen molar-refractivity contribution >= 4 is 10.4 Å². The van der Waals surface area contributed by atoms with Crippen LogP contribution in [0.4, 0.5) is 0 Å². The van der Waals surface area contributed by atoms with Crippen LogP contribution in [0.5, 0.6) is 0 Å². The molecule has 0 aromatic carbocycles. The van der Waals surface area contributed by atoms with E-state index in [1.807, 2.05) is 0 Å². The van der Waals surface area contributed by atoms with Crippen LogP contribution in [0, 0.1) is 0 Å². The average molecular weight is 514 g/mol. The molecule has 8 heteroatoms. The summed E-state index contributed by atoms with van der Waals surface area (Å²) in [6, 6.07) is 0. The molecule has 0 rings (SSSR count). The van der Waals surface area contributed by atoms with E-state index in [1.165, 1.54) is 128 Å². The van der Waals surface area contributed by atoms with Crippen molar-refractivity contribution in [2.24, 2.45) is 5.73 Å². The van der Waals surface area contributed by atoms with E-state index in [4.69, 9.17) is 33.1 Å². The maximum atomic E-state index is 8.74. The van der Waals surface area contributed by atoms with E-state index in [9.17, 15) is 0 Å². The van der Waals surface area contributed by atoms with Crippen LogP contribution >= 0.6 is 0 Å². The van der Waals surface area contributed by atoms with Gasteiger partial charge in [0.2, 0.25) is 0 Å². The van der Waals surface area contributed by atoms with Crippen LogP contribution in [0.1, 0.15) is 142 Å². The third-order valence-corrected chi connectivity index (χ3v) is 5.41. The maximum Gasteiger partial charge on any atom is 0.394 e. The number of nitrogens with two attached hydrogens (primary N) is 1. The van der Waals surface area contributed by atoms with Crippen LogP contribution in [-0.4, -0.2) is 49.0 Å². The predicted molar refractivity (Wildman–Crippen MR) is 145 cm³/mol. The second-order valence-corrected chi connectivity index (χ2v) is 9.83. The molecule has 0 aromatic heterocycles. The minimum Gasteiger partial charge on any atom is -0.395 e. The SMILES string of the molecule is CCCCCCCCCCCCOCCCCCCCCCCCC.NCCO.O=S(=O)(O)O. The molecule has 0 saturated heterocycles. The number of hydrogen-bond donors (Lipinski definition) is 4. The molecule has 210 valence electrons. The number of ether oxygens (including phenoxy) is 1. The predicted octanol–water partition coefficient (Wildman–Crippen LogP) is 7.13. The quantitative estimate of drug-likeness (QED) is 0.0844. The molecule has 0 aliphatic heterocycles. The molecule has 0 aliphatic carbocycles. The summed E-state index contributed by atoms with van der Waals surface area (Å²) in [5.74, 6) is 0. The first-order chi connectivity index (χ1) is 16.3. The van der Waals surface area contributed by atoms with Gasteiger partial charge in [0.05, 0.1) is 6.61 Å². The molecule has 0 aromatic rings. The Morgan fingerprint density at radius 2 is 0.765 bits per heavy atom. The Hall–Kier alpha value is -0.250. The summed E-state index contributed by atoms with van der Waals surface area (Å²) in [5, 5.41) is 7.75. The summed E-state index contributed by atoms with van der Waals surface area (Å²) < 4.78 is 37.4. The lowest BCUT2D eigenvalue weighted by Crippen LogP contribution is -2.02. The Morgan fingerprint density at radius 3 is 0.971 bits per heavy atom. The Balaban J connectivity index is -0.000000900. The number of rotatable bonds is 23. The molecule has 0 unspecified atom stereocenters. The van der Waals surface area contributed by atoms with E-state index in [-0.39, 0.29) is 6.61 Å². The normalized spacial score (nSPS) is 10.9. The maximum absolute atomic E-state index is 8.74. The van der Waals surface area contributed by atoms with Crippen LogP contribution in [0.2, 0.25) is 0 Å². The molecule has 0 aliphatic rings. The molecule has 0 atom stereocenters. The zero-order valence-corrected chi connectivity index (χ0v) is 23.3. The monoisotopic (exact) mass is 513 g/mol. The average Bonchev–Trinajstić information content (AvgIpc) is 2.79. The first-order valence-corrected chi connectivity index (χ1v) is 15.3. The van der Waals surface area contributed by atoms with Gasteiger partial charge in [-0.05, 0) is 12.8 Å². The fourth-order valence-corrected chi connectivity index (χ4v) is 3.49. The first-order valence-electron chi connectivity index (χ1n) is 13.9. The van der Waals surface area contributed by atoms with Crippen LogP contribution in [0.25, 0.3) is 0 Å². The Labute approximate surface area is 212 Å². The highest BCUT2D eigenvalue weighted by atomic mass is 32.3. The molecule has 0 amide bonds. The number of unbranched alkanes of at least 4 members (excludes halogenated alkanes) is 18. The van der Waals surface area contributed by atoms with Gasteiger partial charge in [0.1, 0.15) is 0 Å². The van der Waals surface area contributed by atoms with Crippen molar-refractivity contribution in [2.75, 3.05) is 26.4 Å². The topological polar surface area (TPSA) is 130 Å². The van der Waals surface area contributed by atoms with Gasteiger partial charge in [-0.1, -0.05) is 129 Å². The van der Waals surface area contributed by atoms with Gasteiger partial charge in [-0.3, -0.25) is 9.11 Å². The fourth-order valence-electron chi connectivity index (χ4n) is 3.49. The van der Waals surface area contributed by atoms with Gasteiger partial charge in [0.15, 0.2) is 0 Å². The minimum atomic E-state index is -4.67. The zero-order valence-electron chi connectivity index (χ0n) is 22.5. The van der Waals surface area contributed by atoms with Crippen molar-refractivity contribution in [1.82, 2.24) is 0 Å². The van der Waals surface area contributed by atoms with Gasteiger partial charge >= 0.3 is 10.4 Å². The smallest absolute Gasteiger partial charge is 0.394 e. The molecule has 0 fully saturated rings. The molecule has 0 bridgehead atoms. The number of aliphatic hydroxyl groups excluding tert-OH is 1. The van der Waals surface area contributed by atoms with E-state index in [2.05, 4.69) is 13.8 Å². The molecule has 0 saturated carbocycles. The highest BCUT2D eigenvalue weighted by Crippen LogP contribution is 2.12. The largest absolute Gasteiger partial charge is 0.395 e. The molecular weight excluding hydrogens is 454 g/mol. The van der Waals surface area contributed by atoms with E-state index in [0.717, 1.165) is 13.2 Å². The molecule has 7 nitrogen and oxygen atoms in total. The summed E-state index contributed by atoms with van der Waals surface area (Å²) in [6.07, 6.45) is 28.2. The standard InChI is InChI=1S/C24H50O.C2H7NO.H2O4S/c1-3-5-7-9-11-13-15-17-19-21-23-25-24-22-20-18-16-14-12-10-8-6-4-2;3-1-2-4;1-5(2,3)4/h3-24H2,1-2H3;4H,1-3H2;(H2,1,2,3,4). The third kappa shape index (κ3) is 58.0. The van der Waals surface area contributed by atoms with Crippen LogP contribution in [-0.2, 0) is 15.1 Å². The summed E-state index contributed by atoms with van der Waals surface area (Å²) in [5.41, 5.74) is 4.78. The van der Waals surface area contributed by atoms with E-state index < -0.39 is 10.4 Å². The van der Waals surface area contributed by atoms with E-state index in [1.54, 1.807) is 0 Å². The zero-order chi connectivity index (χ0) is 26.2. The Bertz CT molecular complexity index is 403. The van der Waals surface area contributed by atoms with Gasteiger partial charge < -0.3 is 15.6 Å². The van der Waals surface area contributed by atoms with Gasteiger partial charge in [-0.25, -0.2) is 0 Å². The van der Waals surface area contributed by atoms with Crippen molar-refractivity contribution in [3.05, 3.63) is 0 Å². The highest BCUT2D eigenvalue weighted by molar-refractivity contribution is 7.79. The molecule has 5 N–H and O–H groups in total. The molecule has 34 heavy (non-hydrogen) atoms. The van der Waals surface area contributed by atoms with Gasteiger partial charge in [0.25, 0.3) is 0 Å². The summed E-state index contributed by atoms with van der Waals surface area (Å²) in [6.45, 7) is 7.04. The summed E-state index contributed by atoms with van der Waals surface area (Å²) in [4.78, 5) is 0. The van der Waals surface area contributed by atoms with Gasteiger partial charge in [-0.15, -0.1) is 0 Å². The van der Waals surface area contributed by atoms with Crippen molar-refractivity contribution < 1.29 is 27.4 Å². The number of hydrogen-bond acceptors (Lipinski definition) is 5. The second kappa shape index (κ2) is 34.9. The summed E-state index contributed by atoms with van der Waals surface area (Å²) >= 11 is 0. The van der Waals surface area contributed by atoms with Crippen molar-refractivity contribution in [3.8, 4) is 0 Å². The van der Waals surface area contributed by atoms with Gasteiger partial charge in [0, 0.05) is 19.8 Å². The van der Waals surface area contributed by atoms with Gasteiger partial charge in [-0.2, -0.15) is 8.42 Å². The number of aliphatic hydroxyl groups is 1. The van der Waals surface area contributed by atoms with Crippen LogP contribution in [0.15, 0.2) is 0 Å². The lowest BCUT2D eigenvalue weighted by Gasteiger charge is -2.05. The lowest BCUT2D eigenvalue weighted by molar-refractivity contribution is 0.125. The Morgan fingerprint density at radius 1 is 0.559 bits per heavy atom. The van der Waals surface area contributed by atoms with Crippen molar-refractivity contribution in [3.63, 3.8) is 0 Å². The van der Waals surface area contributed by atoms with E-state index in [0.29, 0.717) is 6.54 Å². The molecule has 0 heterocycles. The molecular formula is C26H59NO6S. The van der Waals surface area contributed by atoms with E-state index >= 15 is 0 Å². The van der Waals surface area contributed by atoms with Crippen LogP contribution in [0.3, 0.4) is 0 Å². The second-order valence-electron chi connectivity index (χ2n) is 8.94.